The molecule has 0 spiro atoms. The summed E-state index contributed by atoms with van der Waals surface area (Å²) in [4.78, 5) is 0. The van der Waals surface area contributed by atoms with Crippen molar-refractivity contribution < 1.29 is 9.47 Å². The van der Waals surface area contributed by atoms with E-state index in [0.717, 1.165) is 19.1 Å². The van der Waals surface area contributed by atoms with Crippen molar-refractivity contribution in [2.75, 3.05) is 0 Å². The largest absolute Gasteiger partial charge is 0.456 e. The first-order valence-electron chi connectivity index (χ1n) is 2.75. The number of thiophene rings is 1. The van der Waals surface area contributed by atoms with Gasteiger partial charge in [0.25, 0.3) is 0 Å². The standard InChI is InChI=1S/C6H2Br2O2S/c7-5-3-4(6(8)11-5)10-2-1-9-3/h1-2H. The highest BCUT2D eigenvalue weighted by Crippen LogP contribution is 2.49. The Hall–Kier alpha value is -0.000000000000000111. The summed E-state index contributed by atoms with van der Waals surface area (Å²) in [6.45, 7) is 0. The van der Waals surface area contributed by atoms with Gasteiger partial charge in [-0.25, -0.2) is 0 Å². The first kappa shape index (κ1) is 7.64. The monoisotopic (exact) mass is 296 g/mol. The predicted molar refractivity (Wildman–Crippen MR) is 50.1 cm³/mol. The second kappa shape index (κ2) is 2.80. The van der Waals surface area contributed by atoms with Gasteiger partial charge in [0.05, 0.1) is 0 Å². The van der Waals surface area contributed by atoms with E-state index >= 15 is 0 Å². The number of rotatable bonds is 0. The van der Waals surface area contributed by atoms with Gasteiger partial charge in [0.1, 0.15) is 20.1 Å². The average Bonchev–Trinajstić information content (AvgIpc) is 2.30. The van der Waals surface area contributed by atoms with Gasteiger partial charge >= 0.3 is 0 Å². The summed E-state index contributed by atoms with van der Waals surface area (Å²) in [6, 6.07) is 0. The van der Waals surface area contributed by atoms with Gasteiger partial charge in [-0.2, -0.15) is 0 Å². The molecule has 58 valence electrons. The van der Waals surface area contributed by atoms with E-state index in [-0.39, 0.29) is 0 Å². The molecule has 0 unspecified atom stereocenters. The number of hydrogen-bond donors (Lipinski definition) is 0. The van der Waals surface area contributed by atoms with Crippen molar-refractivity contribution in [1.29, 1.82) is 0 Å². The maximum atomic E-state index is 5.20. The van der Waals surface area contributed by atoms with Crippen molar-refractivity contribution in [2.45, 2.75) is 0 Å². The number of fused-ring (bicyclic) bond motifs is 1. The van der Waals surface area contributed by atoms with Crippen molar-refractivity contribution >= 4 is 43.2 Å². The van der Waals surface area contributed by atoms with Crippen LogP contribution in [0.1, 0.15) is 0 Å². The molecule has 0 saturated carbocycles. The number of ether oxygens (including phenoxy) is 2. The lowest BCUT2D eigenvalue weighted by Gasteiger charge is -2.07. The Morgan fingerprint density at radius 1 is 1.00 bits per heavy atom. The highest BCUT2D eigenvalue weighted by atomic mass is 79.9. The van der Waals surface area contributed by atoms with Crippen LogP contribution in [0.4, 0.5) is 0 Å². The maximum Gasteiger partial charge on any atom is 0.195 e. The van der Waals surface area contributed by atoms with Gasteiger partial charge in [-0.3, -0.25) is 0 Å². The van der Waals surface area contributed by atoms with Crippen LogP contribution in [0.2, 0.25) is 0 Å². The van der Waals surface area contributed by atoms with Gasteiger partial charge in [0, 0.05) is 0 Å². The Kier molecular flexibility index (Phi) is 1.95. The Labute approximate surface area is 84.1 Å². The van der Waals surface area contributed by atoms with Gasteiger partial charge in [0.2, 0.25) is 0 Å². The maximum absolute atomic E-state index is 5.20. The molecule has 0 aromatic carbocycles. The van der Waals surface area contributed by atoms with Gasteiger partial charge in [-0.15, -0.1) is 11.3 Å². The van der Waals surface area contributed by atoms with Gasteiger partial charge < -0.3 is 9.47 Å². The first-order valence-corrected chi connectivity index (χ1v) is 5.15. The SMILES string of the molecule is Brc1sc(Br)c2c1OC=CO2. The quantitative estimate of drug-likeness (QED) is 0.729. The molecule has 0 bridgehead atoms. The molecule has 0 amide bonds. The molecule has 1 aromatic rings. The summed E-state index contributed by atoms with van der Waals surface area (Å²) >= 11 is 8.23. The molecule has 1 aromatic heterocycles. The van der Waals surface area contributed by atoms with Crippen molar-refractivity contribution in [3.63, 3.8) is 0 Å². The normalized spacial score (nSPS) is 13.6. The predicted octanol–water partition coefficient (Wildman–Crippen LogP) is 3.52. The minimum Gasteiger partial charge on any atom is -0.456 e. The van der Waals surface area contributed by atoms with Crippen molar-refractivity contribution in [2.24, 2.45) is 0 Å². The summed E-state index contributed by atoms with van der Waals surface area (Å²) in [7, 11) is 0. The average molecular weight is 298 g/mol. The summed E-state index contributed by atoms with van der Waals surface area (Å²) in [6.07, 6.45) is 3.01. The van der Waals surface area contributed by atoms with E-state index in [1.54, 1.807) is 0 Å². The minimum atomic E-state index is 0.740. The van der Waals surface area contributed by atoms with Crippen molar-refractivity contribution in [1.82, 2.24) is 0 Å². The molecule has 11 heavy (non-hydrogen) atoms. The molecule has 0 saturated heterocycles. The van der Waals surface area contributed by atoms with Gasteiger partial charge in [-0.1, -0.05) is 0 Å². The zero-order chi connectivity index (χ0) is 7.84. The van der Waals surface area contributed by atoms with Crippen LogP contribution in [0.3, 0.4) is 0 Å². The summed E-state index contributed by atoms with van der Waals surface area (Å²) in [5, 5.41) is 0. The molecule has 0 atom stereocenters. The molecule has 1 aliphatic heterocycles. The van der Waals surface area contributed by atoms with Crippen molar-refractivity contribution in [3.8, 4) is 11.5 Å². The van der Waals surface area contributed by atoms with Crippen LogP contribution in [-0.2, 0) is 0 Å². The van der Waals surface area contributed by atoms with E-state index in [1.807, 2.05) is 0 Å². The summed E-state index contributed by atoms with van der Waals surface area (Å²) in [5.41, 5.74) is 0. The van der Waals surface area contributed by atoms with E-state index in [4.69, 9.17) is 9.47 Å². The zero-order valence-corrected chi connectivity index (χ0v) is 9.12. The van der Waals surface area contributed by atoms with E-state index in [1.165, 1.54) is 23.9 Å². The summed E-state index contributed by atoms with van der Waals surface area (Å²) < 4.78 is 12.3. The third-order valence-electron chi connectivity index (χ3n) is 1.17. The number of halogens is 2. The molecule has 0 radical (unpaired) electrons. The van der Waals surface area contributed by atoms with E-state index in [0.29, 0.717) is 0 Å². The topological polar surface area (TPSA) is 18.5 Å². The van der Waals surface area contributed by atoms with Crippen molar-refractivity contribution in [3.05, 3.63) is 20.1 Å². The minimum absolute atomic E-state index is 0.740. The molecule has 2 nitrogen and oxygen atoms in total. The van der Waals surface area contributed by atoms with Gasteiger partial charge in [0.15, 0.2) is 11.5 Å². The van der Waals surface area contributed by atoms with E-state index in [2.05, 4.69) is 31.9 Å². The smallest absolute Gasteiger partial charge is 0.195 e. The highest BCUT2D eigenvalue weighted by molar-refractivity contribution is 9.12. The van der Waals surface area contributed by atoms with Crippen LogP contribution in [0.5, 0.6) is 11.5 Å². The lowest BCUT2D eigenvalue weighted by atomic mass is 10.5. The molecule has 0 N–H and O–H groups in total. The van der Waals surface area contributed by atoms with Gasteiger partial charge in [-0.05, 0) is 31.9 Å². The molecule has 2 heterocycles. The Morgan fingerprint density at radius 2 is 1.45 bits per heavy atom. The summed E-state index contributed by atoms with van der Waals surface area (Å²) in [5.74, 6) is 1.48. The molecule has 0 fully saturated rings. The molecular formula is C6H2Br2O2S. The lowest BCUT2D eigenvalue weighted by Crippen LogP contribution is -1.93. The molecule has 0 aliphatic carbocycles. The van der Waals surface area contributed by atoms with Crippen LogP contribution in [0.25, 0.3) is 0 Å². The lowest BCUT2D eigenvalue weighted by molar-refractivity contribution is 0.362. The van der Waals surface area contributed by atoms with E-state index < -0.39 is 0 Å². The Bertz CT molecular complexity index is 290. The fourth-order valence-corrected chi connectivity index (χ4v) is 3.54. The fraction of sp³-hybridized carbons (Fsp3) is 0. The molecule has 1 aliphatic rings. The molecular weight excluding hydrogens is 296 g/mol. The molecule has 5 heteroatoms. The van der Waals surface area contributed by atoms with Crippen LogP contribution >= 0.6 is 43.2 Å². The Morgan fingerprint density at radius 3 is 1.91 bits per heavy atom. The van der Waals surface area contributed by atoms with Crippen LogP contribution in [-0.4, -0.2) is 0 Å². The Balaban J connectivity index is 2.57. The van der Waals surface area contributed by atoms with Crippen LogP contribution in [0, 0.1) is 0 Å². The van der Waals surface area contributed by atoms with Crippen LogP contribution < -0.4 is 9.47 Å². The first-order chi connectivity index (χ1) is 5.29. The third-order valence-corrected chi connectivity index (χ3v) is 3.59. The second-order valence-corrected chi connectivity index (χ2v) is 5.47. The fourth-order valence-electron chi connectivity index (χ4n) is 0.741. The second-order valence-electron chi connectivity index (χ2n) is 1.82. The van der Waals surface area contributed by atoms with Crippen LogP contribution in [0.15, 0.2) is 20.1 Å². The third kappa shape index (κ3) is 1.21. The molecule has 2 rings (SSSR count). The van der Waals surface area contributed by atoms with E-state index in [9.17, 15) is 0 Å². The highest BCUT2D eigenvalue weighted by Gasteiger charge is 2.19. The number of hydrogen-bond acceptors (Lipinski definition) is 3. The zero-order valence-electron chi connectivity index (χ0n) is 5.14.